The minimum absolute atomic E-state index is 0.178. The van der Waals surface area contributed by atoms with Crippen molar-refractivity contribution < 1.29 is 19.4 Å². The van der Waals surface area contributed by atoms with Gasteiger partial charge in [0.05, 0.1) is 13.2 Å². The summed E-state index contributed by atoms with van der Waals surface area (Å²) in [5, 5.41) is 13.6. The van der Waals surface area contributed by atoms with Crippen molar-refractivity contribution in [1.29, 1.82) is 0 Å². The molecule has 0 fully saturated rings. The topological polar surface area (TPSA) is 87.7 Å². The Morgan fingerprint density at radius 1 is 1.39 bits per heavy atom. The molecule has 0 radical (unpaired) electrons. The summed E-state index contributed by atoms with van der Waals surface area (Å²) in [6.07, 6.45) is 0. The summed E-state index contributed by atoms with van der Waals surface area (Å²) in [6, 6.07) is 3.68. The van der Waals surface area contributed by atoms with Crippen LogP contribution in [0.3, 0.4) is 0 Å². The van der Waals surface area contributed by atoms with E-state index in [1.165, 1.54) is 4.88 Å². The summed E-state index contributed by atoms with van der Waals surface area (Å²) in [5.41, 5.74) is 0. The molecule has 0 aliphatic carbocycles. The highest BCUT2D eigenvalue weighted by Crippen LogP contribution is 2.14. The highest BCUT2D eigenvalue weighted by Gasteiger charge is 2.02. The third-order valence-corrected chi connectivity index (χ3v) is 2.98. The van der Waals surface area contributed by atoms with Crippen molar-refractivity contribution in [3.8, 4) is 0 Å². The maximum Gasteiger partial charge on any atom is 0.329 e. The van der Waals surface area contributed by atoms with Crippen LogP contribution in [0.4, 0.5) is 4.79 Å². The third-order valence-electron chi connectivity index (χ3n) is 1.98. The SMILES string of the molecule is Cc1ccc(CNC(=O)NCCOCC(=O)O)s1. The fourth-order valence-corrected chi connectivity index (χ4v) is 2.04. The van der Waals surface area contributed by atoms with E-state index in [1.54, 1.807) is 11.3 Å². The molecule has 1 rings (SSSR count). The van der Waals surface area contributed by atoms with Crippen molar-refractivity contribution in [2.45, 2.75) is 13.5 Å². The zero-order valence-electron chi connectivity index (χ0n) is 10.1. The number of nitrogens with one attached hydrogen (secondary N) is 2. The molecule has 1 heterocycles. The molecule has 3 N–H and O–H groups in total. The standard InChI is InChI=1S/C11H16N2O4S/c1-8-2-3-9(18-8)6-13-11(16)12-4-5-17-7-10(14)15/h2-3H,4-7H2,1H3,(H,14,15)(H2,12,13,16). The van der Waals surface area contributed by atoms with E-state index in [0.29, 0.717) is 6.54 Å². The molecular weight excluding hydrogens is 256 g/mol. The molecule has 6 nitrogen and oxygen atoms in total. The van der Waals surface area contributed by atoms with Gasteiger partial charge in [-0.2, -0.15) is 0 Å². The molecule has 0 aliphatic heterocycles. The smallest absolute Gasteiger partial charge is 0.329 e. The van der Waals surface area contributed by atoms with Crippen LogP contribution in [-0.4, -0.2) is 36.9 Å². The van der Waals surface area contributed by atoms with Crippen LogP contribution in [0.1, 0.15) is 9.75 Å². The number of hydrogen-bond donors (Lipinski definition) is 3. The van der Waals surface area contributed by atoms with Crippen LogP contribution in [0.2, 0.25) is 0 Å². The van der Waals surface area contributed by atoms with Crippen molar-refractivity contribution in [2.75, 3.05) is 19.8 Å². The average Bonchev–Trinajstić information content (AvgIpc) is 2.71. The number of rotatable bonds is 7. The van der Waals surface area contributed by atoms with Gasteiger partial charge in [0.25, 0.3) is 0 Å². The Labute approximate surface area is 109 Å². The predicted molar refractivity (Wildman–Crippen MR) is 67.7 cm³/mol. The Morgan fingerprint density at radius 3 is 2.78 bits per heavy atom. The Kier molecular flexibility index (Phi) is 6.16. The second-order valence-corrected chi connectivity index (χ2v) is 4.94. The van der Waals surface area contributed by atoms with E-state index in [0.717, 1.165) is 4.88 Å². The van der Waals surface area contributed by atoms with E-state index in [2.05, 4.69) is 10.6 Å². The molecule has 0 aliphatic rings. The van der Waals surface area contributed by atoms with Gasteiger partial charge in [0, 0.05) is 16.3 Å². The largest absolute Gasteiger partial charge is 0.480 e. The number of carboxylic acid groups (broad SMARTS) is 1. The summed E-state index contributed by atoms with van der Waals surface area (Å²) in [4.78, 5) is 23.8. The molecular formula is C11H16N2O4S. The third kappa shape index (κ3) is 6.21. The first-order chi connectivity index (χ1) is 8.58. The van der Waals surface area contributed by atoms with Crippen LogP contribution in [0.5, 0.6) is 0 Å². The van der Waals surface area contributed by atoms with Gasteiger partial charge in [-0.1, -0.05) is 0 Å². The molecule has 7 heteroatoms. The molecule has 1 aromatic rings. The molecule has 2 amide bonds. The summed E-state index contributed by atoms with van der Waals surface area (Å²) >= 11 is 1.63. The molecule has 100 valence electrons. The molecule has 0 saturated carbocycles. The Balaban J connectivity index is 2.05. The van der Waals surface area contributed by atoms with E-state index in [4.69, 9.17) is 9.84 Å². The highest BCUT2D eigenvalue weighted by atomic mass is 32.1. The van der Waals surface area contributed by atoms with Crippen molar-refractivity contribution in [3.05, 3.63) is 21.9 Å². The fraction of sp³-hybridized carbons (Fsp3) is 0.455. The number of thiophene rings is 1. The number of carbonyl (C=O) groups is 2. The van der Waals surface area contributed by atoms with Crippen LogP contribution in [0.15, 0.2) is 12.1 Å². The predicted octanol–water partition coefficient (Wildman–Crippen LogP) is 0.957. The normalized spacial score (nSPS) is 10.1. The number of amides is 2. The summed E-state index contributed by atoms with van der Waals surface area (Å²) in [6.45, 7) is 2.60. The van der Waals surface area contributed by atoms with Crippen LogP contribution in [0.25, 0.3) is 0 Å². The summed E-state index contributed by atoms with van der Waals surface area (Å²) in [7, 11) is 0. The highest BCUT2D eigenvalue weighted by molar-refractivity contribution is 7.11. The monoisotopic (exact) mass is 272 g/mol. The van der Waals surface area contributed by atoms with Gasteiger partial charge >= 0.3 is 12.0 Å². The Bertz CT molecular complexity index is 406. The zero-order chi connectivity index (χ0) is 13.4. The maximum absolute atomic E-state index is 11.3. The Morgan fingerprint density at radius 2 is 2.17 bits per heavy atom. The number of carbonyl (C=O) groups excluding carboxylic acids is 1. The van der Waals surface area contributed by atoms with Crippen molar-refractivity contribution >= 4 is 23.3 Å². The van der Waals surface area contributed by atoms with Gasteiger partial charge in [-0.25, -0.2) is 9.59 Å². The van der Waals surface area contributed by atoms with Gasteiger partial charge in [0.2, 0.25) is 0 Å². The molecule has 0 atom stereocenters. The molecule has 0 unspecified atom stereocenters. The van der Waals surface area contributed by atoms with Gasteiger partial charge in [0.1, 0.15) is 6.61 Å². The van der Waals surface area contributed by atoms with E-state index < -0.39 is 5.97 Å². The Hall–Kier alpha value is -1.60. The van der Waals surface area contributed by atoms with E-state index >= 15 is 0 Å². The molecule has 1 aromatic heterocycles. The van der Waals surface area contributed by atoms with E-state index in [-0.39, 0.29) is 25.8 Å². The number of hydrogen-bond acceptors (Lipinski definition) is 4. The summed E-state index contributed by atoms with van der Waals surface area (Å²) in [5.74, 6) is -1.02. The van der Waals surface area contributed by atoms with E-state index in [1.807, 2.05) is 19.1 Å². The van der Waals surface area contributed by atoms with Gasteiger partial charge in [-0.05, 0) is 19.1 Å². The van der Waals surface area contributed by atoms with Gasteiger partial charge < -0.3 is 20.5 Å². The molecule has 0 spiro atoms. The zero-order valence-corrected chi connectivity index (χ0v) is 10.9. The lowest BCUT2D eigenvalue weighted by molar-refractivity contribution is -0.142. The van der Waals surface area contributed by atoms with Crippen LogP contribution >= 0.6 is 11.3 Å². The van der Waals surface area contributed by atoms with Gasteiger partial charge in [-0.15, -0.1) is 11.3 Å². The van der Waals surface area contributed by atoms with Gasteiger partial charge in [-0.3, -0.25) is 0 Å². The van der Waals surface area contributed by atoms with Crippen LogP contribution in [-0.2, 0) is 16.1 Å². The number of aliphatic carboxylic acids is 1. The van der Waals surface area contributed by atoms with Crippen molar-refractivity contribution in [2.24, 2.45) is 0 Å². The quantitative estimate of drug-likeness (QED) is 0.645. The van der Waals surface area contributed by atoms with E-state index in [9.17, 15) is 9.59 Å². The van der Waals surface area contributed by atoms with Crippen LogP contribution in [0, 0.1) is 6.92 Å². The molecule has 0 bridgehead atoms. The second-order valence-electron chi connectivity index (χ2n) is 3.57. The maximum atomic E-state index is 11.3. The molecule has 0 aromatic carbocycles. The first kappa shape index (κ1) is 14.5. The van der Waals surface area contributed by atoms with Crippen LogP contribution < -0.4 is 10.6 Å². The molecule has 18 heavy (non-hydrogen) atoms. The number of carboxylic acids is 1. The lowest BCUT2D eigenvalue weighted by Crippen LogP contribution is -2.36. The molecule has 0 saturated heterocycles. The fourth-order valence-electron chi connectivity index (χ4n) is 1.21. The number of ether oxygens (including phenoxy) is 1. The van der Waals surface area contributed by atoms with Gasteiger partial charge in [0.15, 0.2) is 0 Å². The first-order valence-corrected chi connectivity index (χ1v) is 6.26. The summed E-state index contributed by atoms with van der Waals surface area (Å²) < 4.78 is 4.77. The minimum Gasteiger partial charge on any atom is -0.480 e. The minimum atomic E-state index is -1.02. The lowest BCUT2D eigenvalue weighted by atomic mass is 10.4. The number of urea groups is 1. The van der Waals surface area contributed by atoms with Crippen molar-refractivity contribution in [1.82, 2.24) is 10.6 Å². The average molecular weight is 272 g/mol. The first-order valence-electron chi connectivity index (χ1n) is 5.44. The van der Waals surface area contributed by atoms with Crippen molar-refractivity contribution in [3.63, 3.8) is 0 Å². The second kappa shape index (κ2) is 7.67. The number of aryl methyl sites for hydroxylation is 1. The lowest BCUT2D eigenvalue weighted by Gasteiger charge is -2.06.